The van der Waals surface area contributed by atoms with Gasteiger partial charge in [0.1, 0.15) is 11.5 Å². The summed E-state index contributed by atoms with van der Waals surface area (Å²) in [5.41, 5.74) is 2.32. The Labute approximate surface area is 135 Å². The first kappa shape index (κ1) is 14.4. The van der Waals surface area contributed by atoms with E-state index in [2.05, 4.69) is 24.3 Å². The van der Waals surface area contributed by atoms with Crippen LogP contribution in [0.5, 0.6) is 11.5 Å². The van der Waals surface area contributed by atoms with Crippen LogP contribution in [0.2, 0.25) is 5.02 Å². The highest BCUT2D eigenvalue weighted by atomic mass is 35.5. The number of benzene rings is 3. The van der Waals surface area contributed by atoms with Gasteiger partial charge in [-0.2, -0.15) is 0 Å². The monoisotopic (exact) mass is 306 g/mol. The molecule has 0 saturated carbocycles. The van der Waals surface area contributed by atoms with Crippen LogP contribution in [0.4, 0.5) is 0 Å². The Morgan fingerprint density at radius 2 is 1.09 bits per heavy atom. The summed E-state index contributed by atoms with van der Waals surface area (Å²) in [5.74, 6) is 1.58. The SMILES string of the molecule is Clc1ccc(Oc2ccc(/C=C/c3ccccc3)cc2)cc1. The summed E-state index contributed by atoms with van der Waals surface area (Å²) >= 11 is 5.86. The fraction of sp³-hybridized carbons (Fsp3) is 0. The van der Waals surface area contributed by atoms with Crippen LogP contribution in [-0.2, 0) is 0 Å². The number of hydrogen-bond acceptors (Lipinski definition) is 1. The molecule has 0 amide bonds. The van der Waals surface area contributed by atoms with Gasteiger partial charge in [-0.15, -0.1) is 0 Å². The molecule has 0 aliphatic rings. The predicted octanol–water partition coefficient (Wildman–Crippen LogP) is 6.30. The smallest absolute Gasteiger partial charge is 0.127 e. The lowest BCUT2D eigenvalue weighted by atomic mass is 10.1. The highest BCUT2D eigenvalue weighted by molar-refractivity contribution is 6.30. The van der Waals surface area contributed by atoms with E-state index in [-0.39, 0.29) is 0 Å². The molecule has 22 heavy (non-hydrogen) atoms. The molecule has 0 atom stereocenters. The summed E-state index contributed by atoms with van der Waals surface area (Å²) in [4.78, 5) is 0. The van der Waals surface area contributed by atoms with E-state index in [1.165, 1.54) is 5.56 Å². The molecule has 0 N–H and O–H groups in total. The predicted molar refractivity (Wildman–Crippen MR) is 93.3 cm³/mol. The fourth-order valence-corrected chi connectivity index (χ4v) is 2.17. The van der Waals surface area contributed by atoms with Gasteiger partial charge < -0.3 is 4.74 Å². The third-order valence-electron chi connectivity index (χ3n) is 3.20. The third kappa shape index (κ3) is 4.00. The summed E-state index contributed by atoms with van der Waals surface area (Å²) in [7, 11) is 0. The van der Waals surface area contributed by atoms with Gasteiger partial charge in [-0.25, -0.2) is 0 Å². The van der Waals surface area contributed by atoms with E-state index in [1.54, 1.807) is 0 Å². The molecular weight excluding hydrogens is 292 g/mol. The summed E-state index contributed by atoms with van der Waals surface area (Å²) in [5, 5.41) is 0.703. The molecule has 108 valence electrons. The molecule has 0 radical (unpaired) electrons. The van der Waals surface area contributed by atoms with Crippen molar-refractivity contribution in [3.05, 3.63) is 95.0 Å². The van der Waals surface area contributed by atoms with Crippen molar-refractivity contribution in [2.75, 3.05) is 0 Å². The molecule has 3 aromatic carbocycles. The molecule has 0 aromatic heterocycles. The van der Waals surface area contributed by atoms with Crippen molar-refractivity contribution in [2.24, 2.45) is 0 Å². The second kappa shape index (κ2) is 6.97. The molecule has 0 aliphatic carbocycles. The van der Waals surface area contributed by atoms with Gasteiger partial charge in [0.15, 0.2) is 0 Å². The van der Waals surface area contributed by atoms with Gasteiger partial charge in [0.2, 0.25) is 0 Å². The highest BCUT2D eigenvalue weighted by Gasteiger charge is 1.97. The maximum atomic E-state index is 5.86. The molecule has 3 aromatic rings. The van der Waals surface area contributed by atoms with Crippen LogP contribution in [-0.4, -0.2) is 0 Å². The quantitative estimate of drug-likeness (QED) is 0.514. The Morgan fingerprint density at radius 1 is 0.591 bits per heavy atom. The molecule has 0 saturated heterocycles. The average molecular weight is 307 g/mol. The molecule has 0 unspecified atom stereocenters. The van der Waals surface area contributed by atoms with Crippen molar-refractivity contribution in [1.82, 2.24) is 0 Å². The van der Waals surface area contributed by atoms with Gasteiger partial charge in [0.05, 0.1) is 0 Å². The minimum absolute atomic E-state index is 0.703. The third-order valence-corrected chi connectivity index (χ3v) is 3.45. The minimum Gasteiger partial charge on any atom is -0.457 e. The Morgan fingerprint density at radius 3 is 1.68 bits per heavy atom. The van der Waals surface area contributed by atoms with E-state index >= 15 is 0 Å². The van der Waals surface area contributed by atoms with Crippen molar-refractivity contribution in [2.45, 2.75) is 0 Å². The molecule has 3 rings (SSSR count). The van der Waals surface area contributed by atoms with Crippen molar-refractivity contribution in [3.8, 4) is 11.5 Å². The second-order valence-corrected chi connectivity index (χ2v) is 5.31. The van der Waals surface area contributed by atoms with E-state index in [9.17, 15) is 0 Å². The maximum absolute atomic E-state index is 5.86. The topological polar surface area (TPSA) is 9.23 Å². The number of halogens is 1. The first-order chi connectivity index (χ1) is 10.8. The van der Waals surface area contributed by atoms with Crippen LogP contribution in [0.25, 0.3) is 12.2 Å². The molecule has 2 heteroatoms. The zero-order valence-corrected chi connectivity index (χ0v) is 12.7. The lowest BCUT2D eigenvalue weighted by Crippen LogP contribution is -1.83. The molecule has 0 aliphatic heterocycles. The standard InChI is InChI=1S/C20H15ClO/c21-18-10-14-20(15-11-18)22-19-12-8-17(9-13-19)7-6-16-4-2-1-3-5-16/h1-15H/b7-6+. The second-order valence-electron chi connectivity index (χ2n) is 4.87. The first-order valence-electron chi connectivity index (χ1n) is 7.06. The average Bonchev–Trinajstić information content (AvgIpc) is 2.57. The van der Waals surface area contributed by atoms with E-state index in [0.29, 0.717) is 5.02 Å². The largest absolute Gasteiger partial charge is 0.457 e. The van der Waals surface area contributed by atoms with E-state index in [1.807, 2.05) is 66.7 Å². The number of hydrogen-bond donors (Lipinski definition) is 0. The molecule has 0 fully saturated rings. The van der Waals surface area contributed by atoms with Crippen LogP contribution in [0, 0.1) is 0 Å². The van der Waals surface area contributed by atoms with Crippen LogP contribution in [0.1, 0.15) is 11.1 Å². The minimum atomic E-state index is 0.703. The van der Waals surface area contributed by atoms with Gasteiger partial charge >= 0.3 is 0 Å². The maximum Gasteiger partial charge on any atom is 0.127 e. The molecular formula is C20H15ClO. The van der Waals surface area contributed by atoms with Crippen molar-refractivity contribution in [1.29, 1.82) is 0 Å². The van der Waals surface area contributed by atoms with Crippen molar-refractivity contribution in [3.63, 3.8) is 0 Å². The summed E-state index contributed by atoms with van der Waals surface area (Å²) in [6, 6.07) is 25.5. The lowest BCUT2D eigenvalue weighted by molar-refractivity contribution is 0.482. The van der Waals surface area contributed by atoms with Crippen LogP contribution in [0.3, 0.4) is 0 Å². The Bertz CT molecular complexity index is 744. The van der Waals surface area contributed by atoms with E-state index in [0.717, 1.165) is 17.1 Å². The Balaban J connectivity index is 1.67. The zero-order valence-electron chi connectivity index (χ0n) is 11.9. The normalized spacial score (nSPS) is 10.8. The van der Waals surface area contributed by atoms with Crippen molar-refractivity contribution < 1.29 is 4.74 Å². The van der Waals surface area contributed by atoms with Crippen LogP contribution in [0.15, 0.2) is 78.9 Å². The number of rotatable bonds is 4. The molecule has 0 spiro atoms. The molecule has 1 nitrogen and oxygen atoms in total. The zero-order chi connectivity index (χ0) is 15.2. The number of ether oxygens (including phenoxy) is 1. The summed E-state index contributed by atoms with van der Waals surface area (Å²) < 4.78 is 5.77. The fourth-order valence-electron chi connectivity index (χ4n) is 2.04. The van der Waals surface area contributed by atoms with Crippen molar-refractivity contribution >= 4 is 23.8 Å². The molecule has 0 bridgehead atoms. The van der Waals surface area contributed by atoms with E-state index in [4.69, 9.17) is 16.3 Å². The first-order valence-corrected chi connectivity index (χ1v) is 7.44. The van der Waals surface area contributed by atoms with Gasteiger partial charge in [-0.3, -0.25) is 0 Å². The van der Waals surface area contributed by atoms with Gasteiger partial charge in [0, 0.05) is 5.02 Å². The van der Waals surface area contributed by atoms with Gasteiger partial charge in [0.25, 0.3) is 0 Å². The van der Waals surface area contributed by atoms with Crippen LogP contribution >= 0.6 is 11.6 Å². The van der Waals surface area contributed by atoms with Gasteiger partial charge in [-0.1, -0.05) is 66.2 Å². The van der Waals surface area contributed by atoms with Crippen LogP contribution < -0.4 is 4.74 Å². The van der Waals surface area contributed by atoms with E-state index < -0.39 is 0 Å². The Kier molecular flexibility index (Phi) is 4.57. The Hall–Kier alpha value is -2.51. The highest BCUT2D eigenvalue weighted by Crippen LogP contribution is 2.23. The summed E-state index contributed by atoms with van der Waals surface area (Å²) in [6.45, 7) is 0. The molecule has 0 heterocycles. The lowest BCUT2D eigenvalue weighted by Gasteiger charge is -2.05. The summed E-state index contributed by atoms with van der Waals surface area (Å²) in [6.07, 6.45) is 4.18. The van der Waals surface area contributed by atoms with Gasteiger partial charge in [-0.05, 0) is 47.5 Å².